The minimum atomic E-state index is -0.521. The minimum Gasteiger partial charge on any atom is -0.444 e. The molecule has 7 heteroatoms. The highest BCUT2D eigenvalue weighted by atomic mass is 35.5. The Morgan fingerprint density at radius 1 is 1.33 bits per heavy atom. The van der Waals surface area contributed by atoms with Crippen LogP contribution in [0.4, 0.5) is 20.6 Å². The molecule has 0 spiro atoms. The van der Waals surface area contributed by atoms with Crippen LogP contribution in [0.25, 0.3) is 0 Å². The Labute approximate surface area is 147 Å². The van der Waals surface area contributed by atoms with Crippen molar-refractivity contribution in [2.45, 2.75) is 64.1 Å². The van der Waals surface area contributed by atoms with E-state index in [0.29, 0.717) is 5.69 Å². The lowest BCUT2D eigenvalue weighted by Crippen LogP contribution is -2.43. The molecule has 1 saturated carbocycles. The Hall–Kier alpha value is -1.69. The van der Waals surface area contributed by atoms with Crippen molar-refractivity contribution >= 4 is 29.1 Å². The molecule has 0 aromatic heterocycles. The van der Waals surface area contributed by atoms with Gasteiger partial charge in [0.15, 0.2) is 0 Å². The highest BCUT2D eigenvalue weighted by molar-refractivity contribution is 6.33. The number of benzene rings is 1. The SMILES string of the molecule is CC(C)(C)OC(=O)N[C@@H]1CCC[C@H](Nc2c(N)cc(F)cc2Cl)C1. The van der Waals surface area contributed by atoms with E-state index in [1.165, 1.54) is 12.1 Å². The molecule has 1 aromatic carbocycles. The van der Waals surface area contributed by atoms with Gasteiger partial charge in [0.2, 0.25) is 0 Å². The van der Waals surface area contributed by atoms with E-state index in [0.717, 1.165) is 25.7 Å². The van der Waals surface area contributed by atoms with Crippen LogP contribution in [-0.2, 0) is 4.74 Å². The van der Waals surface area contributed by atoms with E-state index in [-0.39, 0.29) is 22.8 Å². The first-order valence-electron chi connectivity index (χ1n) is 8.14. The number of alkyl carbamates (subject to hydrolysis) is 1. The molecule has 0 unspecified atom stereocenters. The number of rotatable bonds is 3. The number of nitrogens with one attached hydrogen (secondary N) is 2. The van der Waals surface area contributed by atoms with Crippen LogP contribution in [0.15, 0.2) is 12.1 Å². The van der Waals surface area contributed by atoms with Crippen molar-refractivity contribution in [1.29, 1.82) is 0 Å². The summed E-state index contributed by atoms with van der Waals surface area (Å²) in [6.45, 7) is 5.49. The molecule has 4 N–H and O–H groups in total. The monoisotopic (exact) mass is 357 g/mol. The van der Waals surface area contributed by atoms with Gasteiger partial charge in [-0.3, -0.25) is 0 Å². The van der Waals surface area contributed by atoms with Crippen LogP contribution in [0.3, 0.4) is 0 Å². The fourth-order valence-electron chi connectivity index (χ4n) is 2.88. The fraction of sp³-hybridized carbons (Fsp3) is 0.588. The molecular formula is C17H25ClFN3O2. The van der Waals surface area contributed by atoms with Gasteiger partial charge in [-0.05, 0) is 58.6 Å². The first-order chi connectivity index (χ1) is 11.1. The molecule has 134 valence electrons. The second kappa shape index (κ2) is 7.47. The maximum atomic E-state index is 13.3. The number of carbonyl (C=O) groups excluding carboxylic acids is 1. The highest BCUT2D eigenvalue weighted by Gasteiger charge is 2.26. The van der Waals surface area contributed by atoms with Gasteiger partial charge in [-0.2, -0.15) is 0 Å². The van der Waals surface area contributed by atoms with Crippen LogP contribution in [-0.4, -0.2) is 23.8 Å². The van der Waals surface area contributed by atoms with Crippen LogP contribution >= 0.6 is 11.6 Å². The number of halogens is 2. The lowest BCUT2D eigenvalue weighted by Gasteiger charge is -2.32. The maximum Gasteiger partial charge on any atom is 0.407 e. The largest absolute Gasteiger partial charge is 0.444 e. The van der Waals surface area contributed by atoms with Gasteiger partial charge < -0.3 is 21.1 Å². The summed E-state index contributed by atoms with van der Waals surface area (Å²) in [5, 5.41) is 6.44. The number of carbonyl (C=O) groups is 1. The zero-order chi connectivity index (χ0) is 17.9. The molecular weight excluding hydrogens is 333 g/mol. The number of nitrogen functional groups attached to an aromatic ring is 1. The Morgan fingerprint density at radius 2 is 2.00 bits per heavy atom. The average Bonchev–Trinajstić information content (AvgIpc) is 2.41. The van der Waals surface area contributed by atoms with Gasteiger partial charge in [0.05, 0.1) is 16.4 Å². The molecule has 2 atom stereocenters. The van der Waals surface area contributed by atoms with Gasteiger partial charge in [-0.25, -0.2) is 9.18 Å². The third-order valence-corrected chi connectivity index (χ3v) is 4.13. The van der Waals surface area contributed by atoms with E-state index >= 15 is 0 Å². The average molecular weight is 358 g/mol. The second-order valence-electron chi connectivity index (χ2n) is 7.20. The normalized spacial score (nSPS) is 21.2. The second-order valence-corrected chi connectivity index (χ2v) is 7.61. The summed E-state index contributed by atoms with van der Waals surface area (Å²) in [6.07, 6.45) is 3.10. The predicted molar refractivity (Wildman–Crippen MR) is 94.9 cm³/mol. The molecule has 0 radical (unpaired) electrons. The number of hydrogen-bond donors (Lipinski definition) is 3. The van der Waals surface area contributed by atoms with Crippen molar-refractivity contribution in [2.24, 2.45) is 0 Å². The molecule has 1 aliphatic rings. The third kappa shape index (κ3) is 5.44. The summed E-state index contributed by atoms with van der Waals surface area (Å²) in [5.74, 6) is -0.462. The van der Waals surface area contributed by atoms with Crippen LogP contribution in [0.2, 0.25) is 5.02 Å². The van der Waals surface area contributed by atoms with Gasteiger partial charge in [-0.15, -0.1) is 0 Å². The third-order valence-electron chi connectivity index (χ3n) is 3.83. The zero-order valence-electron chi connectivity index (χ0n) is 14.3. The van der Waals surface area contributed by atoms with E-state index < -0.39 is 17.5 Å². The van der Waals surface area contributed by atoms with Crippen molar-refractivity contribution in [1.82, 2.24) is 5.32 Å². The van der Waals surface area contributed by atoms with Crippen LogP contribution in [0.5, 0.6) is 0 Å². The van der Waals surface area contributed by atoms with E-state index in [2.05, 4.69) is 10.6 Å². The summed E-state index contributed by atoms with van der Waals surface area (Å²) in [4.78, 5) is 11.9. The van der Waals surface area contributed by atoms with Gasteiger partial charge in [0.1, 0.15) is 11.4 Å². The number of amides is 1. The Bertz CT molecular complexity index is 581. The fourth-order valence-corrected chi connectivity index (χ4v) is 3.14. The van der Waals surface area contributed by atoms with Crippen molar-refractivity contribution in [3.8, 4) is 0 Å². The maximum absolute atomic E-state index is 13.3. The predicted octanol–water partition coefficient (Wildman–Crippen LogP) is 4.31. The lowest BCUT2D eigenvalue weighted by molar-refractivity contribution is 0.0492. The number of nitrogens with two attached hydrogens (primary N) is 1. The Kier molecular flexibility index (Phi) is 5.80. The topological polar surface area (TPSA) is 76.4 Å². The van der Waals surface area contributed by atoms with Gasteiger partial charge in [-0.1, -0.05) is 11.6 Å². The van der Waals surface area contributed by atoms with E-state index in [1.807, 2.05) is 20.8 Å². The molecule has 24 heavy (non-hydrogen) atoms. The minimum absolute atomic E-state index is 0.0200. The smallest absolute Gasteiger partial charge is 0.407 e. The van der Waals surface area contributed by atoms with Gasteiger partial charge >= 0.3 is 6.09 Å². The van der Waals surface area contributed by atoms with E-state index in [1.54, 1.807) is 0 Å². The van der Waals surface area contributed by atoms with Crippen molar-refractivity contribution in [3.05, 3.63) is 23.0 Å². The summed E-state index contributed by atoms with van der Waals surface area (Å²) in [7, 11) is 0. The first-order valence-corrected chi connectivity index (χ1v) is 8.52. The number of ether oxygens (including phenoxy) is 1. The van der Waals surface area contributed by atoms with E-state index in [4.69, 9.17) is 22.1 Å². The van der Waals surface area contributed by atoms with Gasteiger partial charge in [0.25, 0.3) is 0 Å². The molecule has 5 nitrogen and oxygen atoms in total. The zero-order valence-corrected chi connectivity index (χ0v) is 15.0. The summed E-state index contributed by atoms with van der Waals surface area (Å²) < 4.78 is 18.6. The highest BCUT2D eigenvalue weighted by Crippen LogP contribution is 2.32. The summed E-state index contributed by atoms with van der Waals surface area (Å²) in [5.41, 5.74) is 6.15. The van der Waals surface area contributed by atoms with Crippen molar-refractivity contribution in [2.75, 3.05) is 11.1 Å². The standard InChI is InChI=1S/C17H25ClFN3O2/c1-17(2,3)24-16(23)22-12-6-4-5-11(9-12)21-15-13(18)7-10(19)8-14(15)20/h7-8,11-12,21H,4-6,9,20H2,1-3H3,(H,22,23)/t11-,12+/m0/s1. The van der Waals surface area contributed by atoms with E-state index in [9.17, 15) is 9.18 Å². The molecule has 0 bridgehead atoms. The number of anilines is 2. The lowest BCUT2D eigenvalue weighted by atomic mass is 9.91. The molecule has 2 rings (SSSR count). The molecule has 0 saturated heterocycles. The van der Waals surface area contributed by atoms with Crippen LogP contribution in [0.1, 0.15) is 46.5 Å². The first kappa shape index (κ1) is 18.6. The molecule has 1 fully saturated rings. The Morgan fingerprint density at radius 3 is 2.62 bits per heavy atom. The quantitative estimate of drug-likeness (QED) is 0.704. The van der Waals surface area contributed by atoms with Crippen LogP contribution in [0, 0.1) is 5.82 Å². The molecule has 1 aliphatic carbocycles. The number of hydrogen-bond acceptors (Lipinski definition) is 4. The molecule has 1 amide bonds. The van der Waals surface area contributed by atoms with Crippen molar-refractivity contribution in [3.63, 3.8) is 0 Å². The Balaban J connectivity index is 1.95. The molecule has 0 heterocycles. The van der Waals surface area contributed by atoms with Gasteiger partial charge in [0, 0.05) is 12.1 Å². The van der Waals surface area contributed by atoms with Crippen molar-refractivity contribution < 1.29 is 13.9 Å². The summed E-state index contributed by atoms with van der Waals surface area (Å²) in [6, 6.07) is 2.60. The molecule has 0 aliphatic heterocycles. The van der Waals surface area contributed by atoms with Crippen LogP contribution < -0.4 is 16.4 Å². The molecule has 1 aromatic rings. The summed E-state index contributed by atoms with van der Waals surface area (Å²) >= 11 is 6.08.